The quantitative estimate of drug-likeness (QED) is 0.0881. The van der Waals surface area contributed by atoms with Crippen LogP contribution in [0.5, 0.6) is 46.0 Å². The van der Waals surface area contributed by atoms with Gasteiger partial charge < -0.3 is 132 Å². The SMILES string of the molecule is CO[C@H]1[C@H](C)O[C@@H](O[C@@H]2c3ccc(c(Cl)c3)Oc3cc4cc(c3O[C@@H]3O[C@H](CO)[C@@H](O)[C@H](O)[C@H]3O[C@H]3C[C@H](N)[C@@H](O)[C@@H](C)O3)Oc3ccc(cc3)[C@H]3OC(=O)N[C@H]3C(=O)N[C@@H](Cc3ccccc3)C(=O)N[C@H]4C(=O)N[C@H]3C(=O)N[C@@H]2C(=O)N[C@H](C(=O)O)c2cc(O)cc(O)c2-c2cc3ccc2O)C[C@@H]1N. The Morgan fingerprint density at radius 1 is 0.610 bits per heavy atom. The van der Waals surface area contributed by atoms with Crippen molar-refractivity contribution in [3.63, 3.8) is 0 Å². The molecule has 9 heterocycles. The number of aliphatic hydroxyl groups excluding tert-OH is 4. The van der Waals surface area contributed by atoms with E-state index in [4.69, 9.17) is 70.4 Å². The summed E-state index contributed by atoms with van der Waals surface area (Å²) in [5.41, 5.74) is 11.7. The predicted octanol–water partition coefficient (Wildman–Crippen LogP) is 1.93. The normalized spacial score (nSPS) is 31.8. The van der Waals surface area contributed by atoms with E-state index in [1.54, 1.807) is 37.3 Å². The van der Waals surface area contributed by atoms with E-state index in [0.717, 1.165) is 24.3 Å². The van der Waals surface area contributed by atoms with Crippen LogP contribution in [-0.2, 0) is 68.3 Å². The standard InChI is InChI=1S/C71H75ClN8O25/c1-27-56(85)39(73)24-48(97-27)103-63-58(87)57(86)47(26-81)101-70(63)104-62-45-20-33-21-46(62)100-44-16-12-32(19-38(44)72)61(102-49-25-40(74)59(96-3)28(2)98-49)54-68(92)78-53(69(93)94)37-22-34(82)23-43(84)50(37)36-18-31(11-15-42(36)83)51(65(89)79-54)77-66(90)52(33)76-64(88)41(17-29-7-5-4-6-8-29)75-67(91)55-60(105-71(95)80-55)30-9-13-35(99-45)14-10-30/h4-16,18-23,27-28,39-41,47-49,51-61,63,70,81-87H,17,24-26,73-74H2,1-3H3,(H,75,91)(H,76,88)(H,77,90)(H,78,92)(H,79,89)(H,80,95)(H,93,94)/t27-,28+,39+,40+,41+,47-,48+,49+,51-,52-,53+,54+,55-,56+,57-,58+,59+,60-,61-,63-,70+/m1/s1. The molecule has 21 atom stereocenters. The first kappa shape index (κ1) is 73.3. The smallest absolute Gasteiger partial charge is 0.408 e. The average molecular weight is 1480 g/mol. The minimum Gasteiger partial charge on any atom is -0.508 e. The van der Waals surface area contributed by atoms with E-state index in [-0.39, 0.29) is 58.0 Å². The molecule has 11 bridgehead atoms. The first-order valence-corrected chi connectivity index (χ1v) is 33.8. The van der Waals surface area contributed by atoms with Crippen molar-refractivity contribution in [3.8, 4) is 57.1 Å². The number of rotatable bonds is 11. The molecule has 18 N–H and O–H groups in total. The topological polar surface area (TPSA) is 498 Å². The summed E-state index contributed by atoms with van der Waals surface area (Å²) in [6.07, 6.45) is -20.2. The monoisotopic (exact) mass is 1470 g/mol. The van der Waals surface area contributed by atoms with Gasteiger partial charge in [-0.25, -0.2) is 9.59 Å². The molecule has 15 rings (SSSR count). The minimum absolute atomic E-state index is 0.0574. The van der Waals surface area contributed by atoms with E-state index in [2.05, 4.69) is 31.9 Å². The molecule has 6 aromatic carbocycles. The van der Waals surface area contributed by atoms with Gasteiger partial charge in [0.2, 0.25) is 41.6 Å². The molecule has 4 fully saturated rings. The molecule has 6 aromatic rings. The number of nitrogens with one attached hydrogen (secondary N) is 6. The van der Waals surface area contributed by atoms with Gasteiger partial charge in [-0.1, -0.05) is 66.2 Å². The summed E-state index contributed by atoms with van der Waals surface area (Å²) in [6, 6.07) is 11.8. The number of aliphatic hydroxyl groups is 4. The summed E-state index contributed by atoms with van der Waals surface area (Å²) >= 11 is 7.37. The number of amides is 6. The highest BCUT2D eigenvalue weighted by Gasteiger charge is 2.51. The number of hydrogen-bond donors (Lipinski definition) is 16. The molecule has 0 unspecified atom stereocenters. The Balaban J connectivity index is 1.06. The Kier molecular flexibility index (Phi) is 21.1. The fourth-order valence-corrected chi connectivity index (χ4v) is 14.2. The third-order valence-corrected chi connectivity index (χ3v) is 19.6. The van der Waals surface area contributed by atoms with Crippen molar-refractivity contribution >= 4 is 53.2 Å². The minimum atomic E-state index is -2.23. The molecule has 6 amide bonds. The zero-order chi connectivity index (χ0) is 74.6. The number of fused-ring (bicyclic) bond motifs is 13. The molecule has 0 spiro atoms. The van der Waals surface area contributed by atoms with Gasteiger partial charge in [-0.3, -0.25) is 24.0 Å². The number of nitrogens with two attached hydrogens (primary N) is 2. The van der Waals surface area contributed by atoms with Crippen LogP contribution < -0.4 is 57.6 Å². The fourth-order valence-electron chi connectivity index (χ4n) is 14.0. The van der Waals surface area contributed by atoms with Crippen LogP contribution in [-0.4, -0.2) is 194 Å². The lowest BCUT2D eigenvalue weighted by Gasteiger charge is -2.44. The second-order valence-corrected chi connectivity index (χ2v) is 26.8. The largest absolute Gasteiger partial charge is 0.508 e. The molecule has 105 heavy (non-hydrogen) atoms. The third-order valence-electron chi connectivity index (χ3n) is 19.3. The molecule has 9 aliphatic rings. The highest BCUT2D eigenvalue weighted by molar-refractivity contribution is 6.32. The molecular weight excluding hydrogens is 1400 g/mol. The molecular formula is C71H75ClN8O25. The van der Waals surface area contributed by atoms with Gasteiger partial charge in [0.1, 0.15) is 77.3 Å². The Hall–Kier alpha value is -9.98. The summed E-state index contributed by atoms with van der Waals surface area (Å²) in [4.78, 5) is 105. The lowest BCUT2D eigenvalue weighted by Crippen LogP contribution is -2.62. The Labute approximate surface area is 601 Å². The van der Waals surface area contributed by atoms with Crippen LogP contribution in [0.1, 0.15) is 90.4 Å². The fraction of sp³-hybridized carbons (Fsp3) is 0.394. The number of carbonyl (C=O) groups is 7. The number of phenolic OH excluding ortho intramolecular Hbond substituents is 3. The summed E-state index contributed by atoms with van der Waals surface area (Å²) in [7, 11) is 1.42. The van der Waals surface area contributed by atoms with Gasteiger partial charge in [0, 0.05) is 61.2 Å². The first-order chi connectivity index (χ1) is 50.2. The third kappa shape index (κ3) is 15.0. The zero-order valence-electron chi connectivity index (χ0n) is 56.0. The van der Waals surface area contributed by atoms with E-state index in [9.17, 15) is 55.2 Å². The van der Waals surface area contributed by atoms with Gasteiger partial charge in [0.15, 0.2) is 48.4 Å². The molecule has 556 valence electrons. The van der Waals surface area contributed by atoms with Gasteiger partial charge in [0.25, 0.3) is 0 Å². The number of carbonyl (C=O) groups excluding carboxylic acids is 6. The van der Waals surface area contributed by atoms with Crippen molar-refractivity contribution in [3.05, 3.63) is 154 Å². The first-order valence-electron chi connectivity index (χ1n) is 33.4. The van der Waals surface area contributed by atoms with Crippen LogP contribution >= 0.6 is 11.6 Å². The Morgan fingerprint density at radius 3 is 1.96 bits per heavy atom. The van der Waals surface area contributed by atoms with Gasteiger partial charge in [-0.15, -0.1) is 0 Å². The molecule has 0 aromatic heterocycles. The molecule has 4 saturated heterocycles. The summed E-state index contributed by atoms with van der Waals surface area (Å²) in [6.45, 7) is 2.24. The number of carboxylic acids is 1. The van der Waals surface area contributed by atoms with E-state index in [0.29, 0.717) is 5.56 Å². The highest BCUT2D eigenvalue weighted by Crippen LogP contribution is 2.50. The van der Waals surface area contributed by atoms with Crippen molar-refractivity contribution < 1.29 is 122 Å². The van der Waals surface area contributed by atoms with Crippen molar-refractivity contribution in [2.24, 2.45) is 11.5 Å². The molecule has 34 heteroatoms. The summed E-state index contributed by atoms with van der Waals surface area (Å²) in [5.74, 6) is -11.7. The lowest BCUT2D eigenvalue weighted by molar-refractivity contribution is -0.330. The molecule has 33 nitrogen and oxygen atoms in total. The van der Waals surface area contributed by atoms with Crippen LogP contribution in [0, 0.1) is 0 Å². The van der Waals surface area contributed by atoms with Gasteiger partial charge in [0.05, 0.1) is 36.0 Å². The van der Waals surface area contributed by atoms with Crippen molar-refractivity contribution in [2.75, 3.05) is 13.7 Å². The number of ether oxygens (including phenoxy) is 10. The second-order valence-electron chi connectivity index (χ2n) is 26.4. The number of benzene rings is 6. The number of halogens is 1. The Bertz CT molecular complexity index is 4310. The number of methoxy groups -OCH3 is 1. The van der Waals surface area contributed by atoms with Crippen molar-refractivity contribution in [1.82, 2.24) is 31.9 Å². The van der Waals surface area contributed by atoms with E-state index in [1.807, 2.05) is 0 Å². The molecule has 0 radical (unpaired) electrons. The number of phenols is 3. The zero-order valence-corrected chi connectivity index (χ0v) is 56.7. The van der Waals surface area contributed by atoms with Gasteiger partial charge in [-0.05, 0) is 96.3 Å². The maximum atomic E-state index is 16.4. The van der Waals surface area contributed by atoms with E-state index in [1.165, 1.54) is 74.7 Å². The van der Waals surface area contributed by atoms with E-state index >= 15 is 19.2 Å². The summed E-state index contributed by atoms with van der Waals surface area (Å²) < 4.78 is 63.2. The van der Waals surface area contributed by atoms with E-state index < -0.39 is 228 Å². The maximum Gasteiger partial charge on any atom is 0.408 e. The van der Waals surface area contributed by atoms with Crippen LogP contribution in [0.25, 0.3) is 11.1 Å². The number of alkyl carbamates (subject to hydrolysis) is 1. The number of aliphatic carboxylic acids is 1. The molecule has 0 aliphatic carbocycles. The van der Waals surface area contributed by atoms with Crippen molar-refractivity contribution in [2.45, 2.75) is 161 Å². The number of hydrogen-bond acceptors (Lipinski definition) is 26. The predicted molar refractivity (Wildman–Crippen MR) is 360 cm³/mol. The highest BCUT2D eigenvalue weighted by atomic mass is 35.5. The van der Waals surface area contributed by atoms with Crippen LogP contribution in [0.2, 0.25) is 5.02 Å². The van der Waals surface area contributed by atoms with Gasteiger partial charge >= 0.3 is 12.1 Å². The second kappa shape index (κ2) is 30.2. The van der Waals surface area contributed by atoms with Crippen LogP contribution in [0.4, 0.5) is 4.79 Å². The van der Waals surface area contributed by atoms with Crippen LogP contribution in [0.15, 0.2) is 115 Å². The molecule has 0 saturated carbocycles. The maximum absolute atomic E-state index is 16.4. The Morgan fingerprint density at radius 2 is 1.27 bits per heavy atom. The lowest BCUT2D eigenvalue weighted by atomic mass is 9.89. The number of carboxylic acid groups (broad SMARTS) is 1. The van der Waals surface area contributed by atoms with Crippen molar-refractivity contribution in [1.29, 1.82) is 0 Å². The molecule has 9 aliphatic heterocycles. The van der Waals surface area contributed by atoms with Crippen LogP contribution in [0.3, 0.4) is 0 Å². The summed E-state index contributed by atoms with van der Waals surface area (Å²) in [5, 5.41) is 106. The van der Waals surface area contributed by atoms with Gasteiger partial charge in [-0.2, -0.15) is 0 Å². The average Bonchev–Trinajstić information content (AvgIpc) is 1.28. The number of aromatic hydroxyl groups is 3.